The highest BCUT2D eigenvalue weighted by Crippen LogP contribution is 2.18. The molecule has 124 valence electrons. The fraction of sp³-hybridized carbons (Fsp3) is 0.294. The Kier molecular flexibility index (Phi) is 4.69. The van der Waals surface area contributed by atoms with Gasteiger partial charge in [-0.2, -0.15) is 0 Å². The van der Waals surface area contributed by atoms with E-state index in [0.717, 1.165) is 31.7 Å². The zero-order chi connectivity index (χ0) is 16.9. The van der Waals surface area contributed by atoms with Gasteiger partial charge in [-0.05, 0) is 43.2 Å². The molecule has 3 rings (SSSR count). The largest absolute Gasteiger partial charge is 0.355 e. The minimum Gasteiger partial charge on any atom is -0.355 e. The molecule has 1 aliphatic heterocycles. The van der Waals surface area contributed by atoms with Crippen molar-refractivity contribution in [2.45, 2.75) is 19.8 Å². The van der Waals surface area contributed by atoms with Gasteiger partial charge >= 0.3 is 0 Å². The highest BCUT2D eigenvalue weighted by Gasteiger charge is 2.15. The van der Waals surface area contributed by atoms with Crippen molar-refractivity contribution >= 4 is 29.0 Å². The van der Waals surface area contributed by atoms with Gasteiger partial charge in [0.2, 0.25) is 5.91 Å². The molecule has 24 heavy (non-hydrogen) atoms. The van der Waals surface area contributed by atoms with E-state index in [9.17, 15) is 9.59 Å². The standard InChI is InChI=1S/C17H19N5O2/c1-12(23)18-13-5-4-6-14(11-13)19-17(24)15-7-8-16(21-20-15)22-9-2-3-10-22/h4-8,11H,2-3,9-10H2,1H3,(H,18,23)(H,19,24). The molecule has 0 radical (unpaired) electrons. The lowest BCUT2D eigenvalue weighted by Gasteiger charge is -2.15. The Bertz CT molecular complexity index is 739. The summed E-state index contributed by atoms with van der Waals surface area (Å²) in [5, 5.41) is 13.6. The number of benzene rings is 1. The first-order valence-electron chi connectivity index (χ1n) is 7.89. The first-order valence-corrected chi connectivity index (χ1v) is 7.89. The molecule has 7 nitrogen and oxygen atoms in total. The molecule has 1 saturated heterocycles. The van der Waals surface area contributed by atoms with E-state index in [0.29, 0.717) is 11.4 Å². The lowest BCUT2D eigenvalue weighted by Crippen LogP contribution is -2.21. The Labute approximate surface area is 140 Å². The second kappa shape index (κ2) is 7.08. The first-order chi connectivity index (χ1) is 11.6. The fourth-order valence-electron chi connectivity index (χ4n) is 2.63. The van der Waals surface area contributed by atoms with E-state index in [1.54, 1.807) is 30.3 Å². The second-order valence-corrected chi connectivity index (χ2v) is 5.69. The summed E-state index contributed by atoms with van der Waals surface area (Å²) >= 11 is 0. The van der Waals surface area contributed by atoms with Crippen LogP contribution in [0.2, 0.25) is 0 Å². The number of anilines is 3. The van der Waals surface area contributed by atoms with Crippen molar-refractivity contribution in [3.63, 3.8) is 0 Å². The predicted octanol–water partition coefficient (Wildman–Crippen LogP) is 2.29. The number of nitrogens with zero attached hydrogens (tertiary/aromatic N) is 3. The van der Waals surface area contributed by atoms with Gasteiger partial charge in [0, 0.05) is 31.4 Å². The van der Waals surface area contributed by atoms with Crippen LogP contribution in [0, 0.1) is 0 Å². The summed E-state index contributed by atoms with van der Waals surface area (Å²) in [5.41, 5.74) is 1.45. The molecule has 2 amide bonds. The van der Waals surface area contributed by atoms with Crippen molar-refractivity contribution in [3.05, 3.63) is 42.1 Å². The molecule has 2 N–H and O–H groups in total. The summed E-state index contributed by atoms with van der Waals surface area (Å²) in [6, 6.07) is 10.4. The smallest absolute Gasteiger partial charge is 0.276 e. The molecule has 1 aliphatic rings. The normalized spacial score (nSPS) is 13.6. The molecular weight excluding hydrogens is 306 g/mol. The van der Waals surface area contributed by atoms with Gasteiger partial charge in [-0.15, -0.1) is 10.2 Å². The summed E-state index contributed by atoms with van der Waals surface area (Å²) in [5.74, 6) is 0.300. The minimum atomic E-state index is -0.338. The average Bonchev–Trinajstić information content (AvgIpc) is 3.09. The lowest BCUT2D eigenvalue weighted by atomic mass is 10.2. The van der Waals surface area contributed by atoms with E-state index in [1.165, 1.54) is 6.92 Å². The lowest BCUT2D eigenvalue weighted by molar-refractivity contribution is -0.114. The third kappa shape index (κ3) is 3.87. The number of hydrogen-bond donors (Lipinski definition) is 2. The number of nitrogens with one attached hydrogen (secondary N) is 2. The third-order valence-electron chi connectivity index (χ3n) is 3.75. The van der Waals surface area contributed by atoms with Crippen LogP contribution in [0.3, 0.4) is 0 Å². The second-order valence-electron chi connectivity index (χ2n) is 5.69. The van der Waals surface area contributed by atoms with Crippen LogP contribution in [-0.2, 0) is 4.79 Å². The quantitative estimate of drug-likeness (QED) is 0.900. The average molecular weight is 325 g/mol. The van der Waals surface area contributed by atoms with Crippen LogP contribution >= 0.6 is 0 Å². The molecule has 1 fully saturated rings. The molecule has 2 aromatic rings. The summed E-state index contributed by atoms with van der Waals surface area (Å²) in [7, 11) is 0. The molecule has 0 spiro atoms. The van der Waals surface area contributed by atoms with Crippen LogP contribution < -0.4 is 15.5 Å². The highest BCUT2D eigenvalue weighted by atomic mass is 16.2. The van der Waals surface area contributed by atoms with E-state index in [-0.39, 0.29) is 17.5 Å². The molecule has 7 heteroatoms. The van der Waals surface area contributed by atoms with Crippen molar-refractivity contribution in [2.24, 2.45) is 0 Å². The van der Waals surface area contributed by atoms with Gasteiger partial charge in [-0.1, -0.05) is 6.07 Å². The van der Waals surface area contributed by atoms with E-state index >= 15 is 0 Å². The van der Waals surface area contributed by atoms with Crippen LogP contribution in [0.25, 0.3) is 0 Å². The third-order valence-corrected chi connectivity index (χ3v) is 3.75. The number of hydrogen-bond acceptors (Lipinski definition) is 5. The first kappa shape index (κ1) is 15.9. The van der Waals surface area contributed by atoms with Gasteiger partial charge < -0.3 is 15.5 Å². The zero-order valence-electron chi connectivity index (χ0n) is 13.5. The van der Waals surface area contributed by atoms with Gasteiger partial charge in [0.15, 0.2) is 11.5 Å². The van der Waals surface area contributed by atoms with E-state index in [4.69, 9.17) is 0 Å². The maximum Gasteiger partial charge on any atom is 0.276 e. The highest BCUT2D eigenvalue weighted by molar-refractivity contribution is 6.03. The maximum absolute atomic E-state index is 12.3. The van der Waals surface area contributed by atoms with Gasteiger partial charge in [0.1, 0.15) is 0 Å². The Hall–Kier alpha value is -2.96. The fourth-order valence-corrected chi connectivity index (χ4v) is 2.63. The van der Waals surface area contributed by atoms with E-state index < -0.39 is 0 Å². The summed E-state index contributed by atoms with van der Waals surface area (Å²) in [4.78, 5) is 25.5. The van der Waals surface area contributed by atoms with Crippen LogP contribution in [0.15, 0.2) is 36.4 Å². The van der Waals surface area contributed by atoms with Crippen LogP contribution in [0.5, 0.6) is 0 Å². The molecule has 0 bridgehead atoms. The van der Waals surface area contributed by atoms with Crippen molar-refractivity contribution in [3.8, 4) is 0 Å². The number of rotatable bonds is 4. The zero-order valence-corrected chi connectivity index (χ0v) is 13.5. The minimum absolute atomic E-state index is 0.165. The molecule has 0 atom stereocenters. The van der Waals surface area contributed by atoms with Gasteiger partial charge in [-0.25, -0.2) is 0 Å². The number of carbonyl (C=O) groups is 2. The monoisotopic (exact) mass is 325 g/mol. The Morgan fingerprint density at radius 2 is 1.71 bits per heavy atom. The number of carbonyl (C=O) groups excluding carboxylic acids is 2. The number of aromatic nitrogens is 2. The van der Waals surface area contributed by atoms with Crippen molar-refractivity contribution in [1.29, 1.82) is 0 Å². The molecule has 0 saturated carbocycles. The van der Waals surface area contributed by atoms with Crippen LogP contribution in [0.1, 0.15) is 30.3 Å². The Morgan fingerprint density at radius 1 is 1.00 bits per heavy atom. The van der Waals surface area contributed by atoms with Crippen LogP contribution in [-0.4, -0.2) is 35.1 Å². The Morgan fingerprint density at radius 3 is 2.33 bits per heavy atom. The molecule has 0 unspecified atom stereocenters. The Balaban J connectivity index is 1.67. The van der Waals surface area contributed by atoms with E-state index in [2.05, 4.69) is 25.7 Å². The molecule has 1 aromatic heterocycles. The summed E-state index contributed by atoms with van der Waals surface area (Å²) < 4.78 is 0. The molecule has 1 aromatic carbocycles. The SMILES string of the molecule is CC(=O)Nc1cccc(NC(=O)c2ccc(N3CCCC3)nn2)c1. The van der Waals surface area contributed by atoms with E-state index in [1.807, 2.05) is 6.07 Å². The topological polar surface area (TPSA) is 87.2 Å². The van der Waals surface area contributed by atoms with Gasteiger partial charge in [0.05, 0.1) is 0 Å². The van der Waals surface area contributed by atoms with Crippen molar-refractivity contribution < 1.29 is 9.59 Å². The van der Waals surface area contributed by atoms with Crippen molar-refractivity contribution in [2.75, 3.05) is 28.6 Å². The predicted molar refractivity (Wildman–Crippen MR) is 92.2 cm³/mol. The molecule has 2 heterocycles. The maximum atomic E-state index is 12.3. The van der Waals surface area contributed by atoms with Gasteiger partial charge in [0.25, 0.3) is 5.91 Å². The van der Waals surface area contributed by atoms with Crippen molar-refractivity contribution in [1.82, 2.24) is 10.2 Å². The summed E-state index contributed by atoms with van der Waals surface area (Å²) in [6.07, 6.45) is 2.32. The van der Waals surface area contributed by atoms with Gasteiger partial charge in [-0.3, -0.25) is 9.59 Å². The molecular formula is C17H19N5O2. The van der Waals surface area contributed by atoms with Crippen LogP contribution in [0.4, 0.5) is 17.2 Å². The molecule has 0 aliphatic carbocycles. The number of amides is 2. The summed E-state index contributed by atoms with van der Waals surface area (Å²) in [6.45, 7) is 3.40.